The summed E-state index contributed by atoms with van der Waals surface area (Å²) >= 11 is 0. The van der Waals surface area contributed by atoms with E-state index in [1.807, 2.05) is 20.8 Å². The molecule has 6 fully saturated rings. The van der Waals surface area contributed by atoms with E-state index in [1.54, 1.807) is 4.90 Å². The number of nitrogens with zero attached hydrogens (tertiary/aromatic N) is 1. The lowest BCUT2D eigenvalue weighted by atomic mass is 9.32. The van der Waals surface area contributed by atoms with E-state index in [2.05, 4.69) is 58.8 Å². The van der Waals surface area contributed by atoms with Gasteiger partial charge < -0.3 is 20.5 Å². The third-order valence-corrected chi connectivity index (χ3v) is 17.9. The largest absolute Gasteiger partial charge is 0.444 e. The van der Waals surface area contributed by atoms with Crippen molar-refractivity contribution < 1.29 is 24.2 Å². The van der Waals surface area contributed by atoms with Gasteiger partial charge in [0.05, 0.1) is 11.5 Å². The predicted molar refractivity (Wildman–Crippen MR) is 225 cm³/mol. The van der Waals surface area contributed by atoms with Gasteiger partial charge in [0.15, 0.2) is 0 Å². The van der Waals surface area contributed by atoms with Crippen molar-refractivity contribution in [2.45, 2.75) is 196 Å². The Morgan fingerprint density at radius 1 is 0.768 bits per heavy atom. The first kappa shape index (κ1) is 43.5. The van der Waals surface area contributed by atoms with Crippen LogP contribution < -0.4 is 10.6 Å². The number of carbonyl (C=O) groups is 3. The monoisotopic (exact) mass is 780 g/mol. The average molecular weight is 780 g/mol. The predicted octanol–water partition coefficient (Wildman–Crippen LogP) is 9.98. The first-order chi connectivity index (χ1) is 26.2. The number of carbonyl (C=O) groups excluding carboxylic acids is 3. The van der Waals surface area contributed by atoms with Crippen LogP contribution in [0.25, 0.3) is 0 Å². The fraction of sp³-hybridized carbons (Fsp3) is 0.896. The van der Waals surface area contributed by atoms with E-state index in [1.165, 1.54) is 31.3 Å². The highest BCUT2D eigenvalue weighted by atomic mass is 16.6. The summed E-state index contributed by atoms with van der Waals surface area (Å²) in [5.74, 6) is 2.83. The Morgan fingerprint density at radius 3 is 2.09 bits per heavy atom. The molecule has 6 aliphatic rings. The van der Waals surface area contributed by atoms with Crippen LogP contribution >= 0.6 is 0 Å². The van der Waals surface area contributed by atoms with Gasteiger partial charge in [0, 0.05) is 19.6 Å². The second kappa shape index (κ2) is 16.2. The highest BCUT2D eigenvalue weighted by Crippen LogP contribution is 2.77. The zero-order valence-electron chi connectivity index (χ0n) is 37.1. The Balaban J connectivity index is 0.974. The van der Waals surface area contributed by atoms with Crippen LogP contribution in [0.2, 0.25) is 0 Å². The average Bonchev–Trinajstić information content (AvgIpc) is 3.77. The number of unbranched alkanes of at least 4 members (excludes halogenated alkanes) is 5. The normalized spacial score (nSPS) is 40.1. The van der Waals surface area contributed by atoms with Crippen LogP contribution in [0.3, 0.4) is 0 Å². The molecule has 0 unspecified atom stereocenters. The topological polar surface area (TPSA) is 108 Å². The number of hydrogen-bond donors (Lipinski definition) is 3. The number of nitrogens with one attached hydrogen (secondary N) is 2. The van der Waals surface area contributed by atoms with E-state index in [4.69, 9.17) is 4.74 Å². The molecular formula is C48H81N3O5. The molecule has 1 saturated heterocycles. The highest BCUT2D eigenvalue weighted by Gasteiger charge is 2.71. The molecule has 0 aromatic rings. The number of ether oxygens (including phenoxy) is 1. The maximum atomic E-state index is 14.5. The quantitative estimate of drug-likeness (QED) is 0.135. The van der Waals surface area contributed by atoms with E-state index < -0.39 is 17.7 Å². The Kier molecular flexibility index (Phi) is 12.6. The van der Waals surface area contributed by atoms with Gasteiger partial charge in [0.1, 0.15) is 11.6 Å². The van der Waals surface area contributed by atoms with Crippen LogP contribution in [0.15, 0.2) is 12.2 Å². The summed E-state index contributed by atoms with van der Waals surface area (Å²) in [4.78, 5) is 41.5. The molecule has 1 aliphatic heterocycles. The van der Waals surface area contributed by atoms with E-state index in [9.17, 15) is 19.5 Å². The van der Waals surface area contributed by atoms with Crippen LogP contribution in [0.5, 0.6) is 0 Å². The third-order valence-electron chi connectivity index (χ3n) is 17.9. The molecule has 0 spiro atoms. The van der Waals surface area contributed by atoms with Gasteiger partial charge in [0.2, 0.25) is 11.8 Å². The number of hydrogen-bond acceptors (Lipinski definition) is 5. The van der Waals surface area contributed by atoms with Crippen LogP contribution in [-0.4, -0.2) is 65.3 Å². The van der Waals surface area contributed by atoms with Crippen LogP contribution in [-0.2, 0) is 14.3 Å². The van der Waals surface area contributed by atoms with Gasteiger partial charge in [-0.3, -0.25) is 14.5 Å². The molecule has 8 nitrogen and oxygen atoms in total. The zero-order valence-corrected chi connectivity index (χ0v) is 37.1. The molecule has 1 heterocycles. The summed E-state index contributed by atoms with van der Waals surface area (Å²) < 4.78 is 5.51. The van der Waals surface area contributed by atoms with Crippen LogP contribution in [0, 0.1) is 56.7 Å². The minimum absolute atomic E-state index is 0.0357. The summed E-state index contributed by atoms with van der Waals surface area (Å²) in [6.07, 6.45) is 18.5. The second-order valence-electron chi connectivity index (χ2n) is 22.2. The molecule has 3 N–H and O–H groups in total. The lowest BCUT2D eigenvalue weighted by molar-refractivity contribution is -0.246. The number of likely N-dealkylation sites (tertiary alicyclic amines) is 1. The molecule has 3 amide bonds. The second-order valence-corrected chi connectivity index (χ2v) is 22.2. The first-order valence-electron chi connectivity index (χ1n) is 23.1. The molecule has 5 saturated carbocycles. The van der Waals surface area contributed by atoms with Crippen molar-refractivity contribution in [1.82, 2.24) is 15.5 Å². The number of fused-ring (bicyclic) bond motifs is 7. The molecule has 56 heavy (non-hydrogen) atoms. The van der Waals surface area contributed by atoms with Gasteiger partial charge in [0.25, 0.3) is 0 Å². The summed E-state index contributed by atoms with van der Waals surface area (Å²) in [7, 11) is 0. The maximum absolute atomic E-state index is 14.5. The lowest BCUT2D eigenvalue weighted by Gasteiger charge is -2.72. The Hall–Kier alpha value is -2.09. The minimum Gasteiger partial charge on any atom is -0.444 e. The number of aliphatic hydroxyl groups is 1. The SMILES string of the molecule is C=C(C)[C@@H]1CC[C@]2(C(=O)NCCCCCCCCNC(=O)[C@@H]3CCCN3C(=O)OC(C)(C)C)CC[C@]3(C)[C@H](CC[C@@H]4[C@@]5(C)CC[C@H](O)C(C)(C)[C@@H]5CC[C@]43C)[C@@H]12. The molecular weight excluding hydrogens is 699 g/mol. The standard InChI is InChI=1S/C48H81N3O5/c1-32(2)33-21-26-48(41(54)50-30-16-14-12-11-13-15-29-49-40(53)35-18-17-31-51(35)42(55)56-43(3,4)5)28-27-46(9)34(39(33)48)19-20-37-45(8)24-23-38(52)44(6,7)36(45)22-25-47(37,46)10/h33-39,52H,1,11-31H2,2-10H3,(H,49,53)(H,50,54)/t33-,34+,35-,36-,37+,38-,39+,45-,46+,47+,48-/m0/s1. The van der Waals surface area contributed by atoms with Crippen molar-refractivity contribution in [3.63, 3.8) is 0 Å². The Labute approximate surface area is 340 Å². The van der Waals surface area contributed by atoms with Gasteiger partial charge in [-0.05, 0) is 169 Å². The number of amides is 3. The summed E-state index contributed by atoms with van der Waals surface area (Å²) in [5.41, 5.74) is 1.10. The van der Waals surface area contributed by atoms with Crippen molar-refractivity contribution in [1.29, 1.82) is 0 Å². The van der Waals surface area contributed by atoms with E-state index in [-0.39, 0.29) is 39.1 Å². The van der Waals surface area contributed by atoms with E-state index >= 15 is 0 Å². The fourth-order valence-corrected chi connectivity index (χ4v) is 14.8. The number of rotatable bonds is 12. The minimum atomic E-state index is -0.575. The van der Waals surface area contributed by atoms with Crippen molar-refractivity contribution in [2.24, 2.45) is 56.7 Å². The Bertz CT molecular complexity index is 1470. The summed E-state index contributed by atoms with van der Waals surface area (Å²) in [6.45, 7) is 26.8. The zero-order chi connectivity index (χ0) is 40.9. The van der Waals surface area contributed by atoms with Crippen molar-refractivity contribution >= 4 is 17.9 Å². The Morgan fingerprint density at radius 2 is 1.43 bits per heavy atom. The lowest BCUT2D eigenvalue weighted by Crippen LogP contribution is -2.67. The van der Waals surface area contributed by atoms with E-state index in [0.29, 0.717) is 55.0 Å². The number of aliphatic hydroxyl groups excluding tert-OH is 1. The highest BCUT2D eigenvalue weighted by molar-refractivity contribution is 5.86. The first-order valence-corrected chi connectivity index (χ1v) is 23.1. The molecule has 5 aliphatic carbocycles. The summed E-state index contributed by atoms with van der Waals surface area (Å²) in [6, 6.07) is -0.434. The van der Waals surface area contributed by atoms with Crippen LogP contribution in [0.4, 0.5) is 4.79 Å². The van der Waals surface area contributed by atoms with Crippen molar-refractivity contribution in [2.75, 3.05) is 19.6 Å². The fourth-order valence-electron chi connectivity index (χ4n) is 14.8. The molecule has 8 heteroatoms. The van der Waals surface area contributed by atoms with Gasteiger partial charge in [-0.15, -0.1) is 0 Å². The summed E-state index contributed by atoms with van der Waals surface area (Å²) in [5, 5.41) is 17.7. The van der Waals surface area contributed by atoms with Gasteiger partial charge in [-0.2, -0.15) is 0 Å². The van der Waals surface area contributed by atoms with Gasteiger partial charge >= 0.3 is 6.09 Å². The maximum Gasteiger partial charge on any atom is 0.410 e. The molecule has 0 bridgehead atoms. The van der Waals surface area contributed by atoms with Crippen LogP contribution in [0.1, 0.15) is 178 Å². The molecule has 0 aromatic carbocycles. The van der Waals surface area contributed by atoms with Gasteiger partial charge in [-0.1, -0.05) is 72.5 Å². The molecule has 0 aromatic heterocycles. The smallest absolute Gasteiger partial charge is 0.410 e. The number of allylic oxidation sites excluding steroid dienone is 1. The van der Waals surface area contributed by atoms with Gasteiger partial charge in [-0.25, -0.2) is 4.79 Å². The molecule has 6 rings (SSSR count). The molecule has 318 valence electrons. The van der Waals surface area contributed by atoms with E-state index in [0.717, 1.165) is 90.0 Å². The van der Waals surface area contributed by atoms with Crippen molar-refractivity contribution in [3.05, 3.63) is 12.2 Å². The van der Waals surface area contributed by atoms with Crippen molar-refractivity contribution in [3.8, 4) is 0 Å². The third kappa shape index (κ3) is 7.62. The molecule has 0 radical (unpaired) electrons. The molecule has 11 atom stereocenters.